The molecule has 1 heterocycles. The van der Waals surface area contributed by atoms with Crippen LogP contribution in [0.15, 0.2) is 42.5 Å². The zero-order valence-corrected chi connectivity index (χ0v) is 14.7. The van der Waals surface area contributed by atoms with Crippen molar-refractivity contribution in [2.45, 2.75) is 13.3 Å². The molecule has 2 aromatic carbocycles. The van der Waals surface area contributed by atoms with E-state index in [1.165, 1.54) is 0 Å². The van der Waals surface area contributed by atoms with Crippen molar-refractivity contribution in [1.29, 1.82) is 0 Å². The summed E-state index contributed by atoms with van der Waals surface area (Å²) in [5.74, 6) is 1.24. The Morgan fingerprint density at radius 2 is 1.76 bits per heavy atom. The van der Waals surface area contributed by atoms with Crippen LogP contribution in [0.3, 0.4) is 0 Å². The second kappa shape index (κ2) is 7.47. The first-order chi connectivity index (χ1) is 12.1. The summed E-state index contributed by atoms with van der Waals surface area (Å²) >= 11 is 0. The molecule has 1 saturated heterocycles. The summed E-state index contributed by atoms with van der Waals surface area (Å²) in [5.41, 5.74) is 3.13. The Labute approximate surface area is 148 Å². The van der Waals surface area contributed by atoms with Crippen LogP contribution in [0.1, 0.15) is 11.1 Å². The highest BCUT2D eigenvalue weighted by molar-refractivity contribution is 5.79. The third-order valence-corrected chi connectivity index (χ3v) is 4.68. The number of rotatable bonds is 4. The lowest BCUT2D eigenvalue weighted by Gasteiger charge is -2.36. The van der Waals surface area contributed by atoms with Crippen LogP contribution in [-0.4, -0.2) is 49.2 Å². The molecule has 1 aliphatic rings. The molecule has 1 amide bonds. The number of phenolic OH excluding ortho intramolecular Hbond substituents is 1. The van der Waals surface area contributed by atoms with Crippen LogP contribution in [0.5, 0.6) is 11.5 Å². The van der Waals surface area contributed by atoms with E-state index in [9.17, 15) is 9.90 Å². The molecule has 0 aromatic heterocycles. The van der Waals surface area contributed by atoms with Gasteiger partial charge < -0.3 is 19.6 Å². The Bertz CT molecular complexity index is 735. The molecule has 1 fully saturated rings. The maximum Gasteiger partial charge on any atom is 0.227 e. The van der Waals surface area contributed by atoms with Gasteiger partial charge in [0.15, 0.2) is 0 Å². The van der Waals surface area contributed by atoms with Gasteiger partial charge in [-0.1, -0.05) is 12.1 Å². The van der Waals surface area contributed by atoms with E-state index >= 15 is 0 Å². The molecule has 0 unspecified atom stereocenters. The van der Waals surface area contributed by atoms with Gasteiger partial charge in [-0.2, -0.15) is 0 Å². The Morgan fingerprint density at radius 3 is 2.40 bits per heavy atom. The molecular formula is C20H24N2O3. The molecule has 0 bridgehead atoms. The topological polar surface area (TPSA) is 53.0 Å². The molecule has 0 saturated carbocycles. The Morgan fingerprint density at radius 1 is 1.08 bits per heavy atom. The third-order valence-electron chi connectivity index (χ3n) is 4.68. The minimum absolute atomic E-state index is 0.149. The highest BCUT2D eigenvalue weighted by Crippen LogP contribution is 2.21. The largest absolute Gasteiger partial charge is 0.508 e. The average molecular weight is 340 g/mol. The summed E-state index contributed by atoms with van der Waals surface area (Å²) in [4.78, 5) is 16.7. The van der Waals surface area contributed by atoms with Crippen molar-refractivity contribution in [2.75, 3.05) is 38.2 Å². The van der Waals surface area contributed by atoms with E-state index in [0.717, 1.165) is 35.7 Å². The van der Waals surface area contributed by atoms with Crippen molar-refractivity contribution < 1.29 is 14.6 Å². The number of benzene rings is 2. The lowest BCUT2D eigenvalue weighted by Crippen LogP contribution is -2.49. The van der Waals surface area contributed by atoms with Gasteiger partial charge in [0.1, 0.15) is 11.5 Å². The summed E-state index contributed by atoms with van der Waals surface area (Å²) in [6.07, 6.45) is 0.399. The van der Waals surface area contributed by atoms with Crippen LogP contribution >= 0.6 is 0 Å². The number of ether oxygens (including phenoxy) is 1. The van der Waals surface area contributed by atoms with Crippen LogP contribution < -0.4 is 9.64 Å². The number of aryl methyl sites for hydroxylation is 1. The van der Waals surface area contributed by atoms with Crippen molar-refractivity contribution in [3.63, 3.8) is 0 Å². The van der Waals surface area contributed by atoms with E-state index in [4.69, 9.17) is 4.74 Å². The van der Waals surface area contributed by atoms with Gasteiger partial charge in [-0.05, 0) is 48.4 Å². The number of piperazine rings is 1. The molecular weight excluding hydrogens is 316 g/mol. The number of methoxy groups -OCH3 is 1. The van der Waals surface area contributed by atoms with Gasteiger partial charge in [0.05, 0.1) is 13.5 Å². The predicted octanol–water partition coefficient (Wildman–Crippen LogP) is 2.60. The molecule has 1 aliphatic heterocycles. The smallest absolute Gasteiger partial charge is 0.227 e. The van der Waals surface area contributed by atoms with Crippen LogP contribution in [0.25, 0.3) is 0 Å². The van der Waals surface area contributed by atoms with Crippen LogP contribution in [-0.2, 0) is 11.2 Å². The predicted molar refractivity (Wildman–Crippen MR) is 98.3 cm³/mol. The van der Waals surface area contributed by atoms with Gasteiger partial charge in [0, 0.05) is 31.9 Å². The monoisotopic (exact) mass is 340 g/mol. The van der Waals surface area contributed by atoms with E-state index < -0.39 is 0 Å². The number of amides is 1. The number of phenols is 1. The Kier molecular flexibility index (Phi) is 5.12. The molecule has 132 valence electrons. The molecule has 5 nitrogen and oxygen atoms in total. The number of nitrogens with zero attached hydrogens (tertiary/aromatic N) is 2. The fraction of sp³-hybridized carbons (Fsp3) is 0.350. The fourth-order valence-electron chi connectivity index (χ4n) is 3.14. The Hall–Kier alpha value is -2.69. The van der Waals surface area contributed by atoms with Gasteiger partial charge >= 0.3 is 0 Å². The van der Waals surface area contributed by atoms with E-state index in [2.05, 4.69) is 4.90 Å². The summed E-state index contributed by atoms with van der Waals surface area (Å²) in [6.45, 7) is 5.01. The zero-order chi connectivity index (χ0) is 17.8. The highest BCUT2D eigenvalue weighted by Gasteiger charge is 2.21. The lowest BCUT2D eigenvalue weighted by molar-refractivity contribution is -0.130. The first-order valence-electron chi connectivity index (χ1n) is 8.52. The lowest BCUT2D eigenvalue weighted by atomic mass is 10.1. The summed E-state index contributed by atoms with van der Waals surface area (Å²) < 4.78 is 5.33. The average Bonchev–Trinajstić information content (AvgIpc) is 2.64. The fourth-order valence-corrected chi connectivity index (χ4v) is 3.14. The normalized spacial score (nSPS) is 14.5. The molecule has 0 radical (unpaired) electrons. The van der Waals surface area contributed by atoms with Gasteiger partial charge in [0.2, 0.25) is 5.91 Å². The van der Waals surface area contributed by atoms with Gasteiger partial charge in [-0.25, -0.2) is 0 Å². The van der Waals surface area contributed by atoms with E-state index in [1.807, 2.05) is 42.2 Å². The number of hydrogen-bond donors (Lipinski definition) is 1. The SMILES string of the molecule is COc1cc(CC(=O)N2CCN(c3ccc(O)cc3)CC2)ccc1C. The van der Waals surface area contributed by atoms with Gasteiger partial charge in [-0.15, -0.1) is 0 Å². The first kappa shape index (κ1) is 17.1. The van der Waals surface area contributed by atoms with Crippen molar-refractivity contribution in [3.05, 3.63) is 53.6 Å². The number of carbonyl (C=O) groups is 1. The van der Waals surface area contributed by atoms with Gasteiger partial charge in [-0.3, -0.25) is 4.79 Å². The van der Waals surface area contributed by atoms with Crippen LogP contribution in [0.4, 0.5) is 5.69 Å². The van der Waals surface area contributed by atoms with E-state index in [1.54, 1.807) is 19.2 Å². The second-order valence-corrected chi connectivity index (χ2v) is 6.36. The molecule has 3 rings (SSSR count). The van der Waals surface area contributed by atoms with Crippen molar-refractivity contribution in [1.82, 2.24) is 4.90 Å². The summed E-state index contributed by atoms with van der Waals surface area (Å²) in [7, 11) is 1.65. The molecule has 25 heavy (non-hydrogen) atoms. The molecule has 0 atom stereocenters. The maximum atomic E-state index is 12.6. The summed E-state index contributed by atoms with van der Waals surface area (Å²) in [6, 6.07) is 13.1. The van der Waals surface area contributed by atoms with Gasteiger partial charge in [0.25, 0.3) is 0 Å². The number of aromatic hydroxyl groups is 1. The van der Waals surface area contributed by atoms with Crippen LogP contribution in [0.2, 0.25) is 0 Å². The summed E-state index contributed by atoms with van der Waals surface area (Å²) in [5, 5.41) is 9.38. The van der Waals surface area contributed by atoms with E-state index in [-0.39, 0.29) is 11.7 Å². The molecule has 2 aromatic rings. The molecule has 0 aliphatic carbocycles. The number of hydrogen-bond acceptors (Lipinski definition) is 4. The second-order valence-electron chi connectivity index (χ2n) is 6.36. The minimum atomic E-state index is 0.149. The van der Waals surface area contributed by atoms with Crippen molar-refractivity contribution in [3.8, 4) is 11.5 Å². The molecule has 1 N–H and O–H groups in total. The van der Waals surface area contributed by atoms with Crippen molar-refractivity contribution in [2.24, 2.45) is 0 Å². The maximum absolute atomic E-state index is 12.6. The number of carbonyl (C=O) groups excluding carboxylic acids is 1. The van der Waals surface area contributed by atoms with Crippen molar-refractivity contribution >= 4 is 11.6 Å². The standard InChI is InChI=1S/C20H24N2O3/c1-15-3-4-16(13-19(15)25-2)14-20(24)22-11-9-21(10-12-22)17-5-7-18(23)8-6-17/h3-8,13,23H,9-12,14H2,1-2H3. The van der Waals surface area contributed by atoms with Crippen LogP contribution in [0, 0.1) is 6.92 Å². The third kappa shape index (κ3) is 4.05. The molecule has 5 heteroatoms. The quantitative estimate of drug-likeness (QED) is 0.929. The Balaban J connectivity index is 1.57. The number of anilines is 1. The highest BCUT2D eigenvalue weighted by atomic mass is 16.5. The minimum Gasteiger partial charge on any atom is -0.508 e. The first-order valence-corrected chi connectivity index (χ1v) is 8.52. The van der Waals surface area contributed by atoms with E-state index in [0.29, 0.717) is 19.5 Å². The zero-order valence-electron chi connectivity index (χ0n) is 14.7. The molecule has 0 spiro atoms.